The van der Waals surface area contributed by atoms with E-state index in [4.69, 9.17) is 12.2 Å². The van der Waals surface area contributed by atoms with E-state index in [0.29, 0.717) is 4.77 Å². The normalized spacial score (nSPS) is 10.5. The maximum atomic E-state index is 5.12. The molecule has 0 aromatic carbocycles. The highest BCUT2D eigenvalue weighted by molar-refractivity contribution is 9.10. The molecule has 0 radical (unpaired) electrons. The quantitative estimate of drug-likeness (QED) is 0.863. The summed E-state index contributed by atoms with van der Waals surface area (Å²) in [5.74, 6) is 0.816. The predicted molar refractivity (Wildman–Crippen MR) is 64.0 cm³/mol. The van der Waals surface area contributed by atoms with Crippen molar-refractivity contribution in [2.24, 2.45) is 0 Å². The summed E-state index contributed by atoms with van der Waals surface area (Å²) in [5.41, 5.74) is 0.943. The van der Waals surface area contributed by atoms with Gasteiger partial charge in [0.05, 0.1) is 0 Å². The van der Waals surface area contributed by atoms with Crippen LogP contribution in [-0.4, -0.2) is 19.7 Å². The Hall–Kier alpha value is -1.01. The first-order chi connectivity index (χ1) is 7.22. The number of halogens is 1. The topological polar surface area (TPSA) is 46.5 Å². The minimum absolute atomic E-state index is 0.632. The molecule has 0 aliphatic carbocycles. The number of aromatic amines is 1. The van der Waals surface area contributed by atoms with Gasteiger partial charge in [-0.25, -0.2) is 0 Å². The van der Waals surface area contributed by atoms with Gasteiger partial charge < -0.3 is 4.57 Å². The second-order valence-corrected chi connectivity index (χ2v) is 4.29. The van der Waals surface area contributed by atoms with Crippen LogP contribution in [0.2, 0.25) is 0 Å². The zero-order valence-corrected chi connectivity index (χ0v) is 10.5. The molecule has 0 amide bonds. The van der Waals surface area contributed by atoms with Crippen molar-refractivity contribution in [2.75, 3.05) is 0 Å². The minimum atomic E-state index is 0.632. The van der Waals surface area contributed by atoms with Gasteiger partial charge in [0.25, 0.3) is 0 Å². The lowest BCUT2D eigenvalue weighted by molar-refractivity contribution is 0.755. The summed E-state index contributed by atoms with van der Waals surface area (Å²) >= 11 is 8.49. The van der Waals surface area contributed by atoms with Crippen molar-refractivity contribution >= 4 is 28.1 Å². The summed E-state index contributed by atoms with van der Waals surface area (Å²) in [6, 6.07) is 1.96. The number of pyridine rings is 1. The van der Waals surface area contributed by atoms with E-state index in [1.165, 1.54) is 0 Å². The van der Waals surface area contributed by atoms with E-state index in [1.807, 2.05) is 17.6 Å². The van der Waals surface area contributed by atoms with Gasteiger partial charge in [-0.2, -0.15) is 5.10 Å². The van der Waals surface area contributed by atoms with Crippen LogP contribution in [0.15, 0.2) is 22.9 Å². The van der Waals surface area contributed by atoms with Crippen LogP contribution in [0.5, 0.6) is 0 Å². The fraction of sp³-hybridized carbons (Fsp3) is 0.222. The highest BCUT2D eigenvalue weighted by Gasteiger charge is 2.07. The van der Waals surface area contributed by atoms with Gasteiger partial charge in [0, 0.05) is 29.0 Å². The van der Waals surface area contributed by atoms with Crippen molar-refractivity contribution in [2.45, 2.75) is 13.5 Å². The summed E-state index contributed by atoms with van der Waals surface area (Å²) in [4.78, 5) is 4.10. The Labute approximate surface area is 100 Å². The van der Waals surface area contributed by atoms with E-state index < -0.39 is 0 Å². The first kappa shape index (κ1) is 10.5. The second-order valence-electron chi connectivity index (χ2n) is 2.99. The molecule has 0 saturated heterocycles. The molecular weight excluding hydrogens is 276 g/mol. The fourth-order valence-corrected chi connectivity index (χ4v) is 1.99. The van der Waals surface area contributed by atoms with E-state index in [0.717, 1.165) is 22.4 Å². The fourth-order valence-electron chi connectivity index (χ4n) is 1.37. The van der Waals surface area contributed by atoms with Crippen LogP contribution in [0.3, 0.4) is 0 Å². The molecule has 6 heteroatoms. The lowest BCUT2D eigenvalue weighted by Gasteiger charge is -2.02. The average Bonchev–Trinajstić information content (AvgIpc) is 2.59. The summed E-state index contributed by atoms with van der Waals surface area (Å²) in [6.07, 6.45) is 3.50. The Morgan fingerprint density at radius 3 is 3.00 bits per heavy atom. The molecule has 4 nitrogen and oxygen atoms in total. The van der Waals surface area contributed by atoms with Crippen molar-refractivity contribution in [3.8, 4) is 11.4 Å². The van der Waals surface area contributed by atoms with Gasteiger partial charge >= 0.3 is 0 Å². The summed E-state index contributed by atoms with van der Waals surface area (Å²) in [5, 5.41) is 6.96. The van der Waals surface area contributed by atoms with Crippen LogP contribution in [0.4, 0.5) is 0 Å². The summed E-state index contributed by atoms with van der Waals surface area (Å²) in [7, 11) is 0. The standard InChI is InChI=1S/C9H9BrN4S/c1-2-14-8(12-13-9(14)15)6-3-7(10)5-11-4-6/h3-5H,2H2,1H3,(H,13,15). The van der Waals surface area contributed by atoms with Crippen LogP contribution < -0.4 is 0 Å². The maximum absolute atomic E-state index is 5.12. The van der Waals surface area contributed by atoms with Crippen LogP contribution in [0.25, 0.3) is 11.4 Å². The SMILES string of the molecule is CCn1c(-c2cncc(Br)c2)n[nH]c1=S. The largest absolute Gasteiger partial charge is 0.300 e. The van der Waals surface area contributed by atoms with Crippen LogP contribution in [-0.2, 0) is 6.54 Å². The number of nitrogens with zero attached hydrogens (tertiary/aromatic N) is 3. The van der Waals surface area contributed by atoms with Gasteiger partial charge in [-0.15, -0.1) is 0 Å². The van der Waals surface area contributed by atoms with E-state index in [1.54, 1.807) is 12.4 Å². The number of H-pyrrole nitrogens is 1. The van der Waals surface area contributed by atoms with E-state index in [2.05, 4.69) is 31.1 Å². The third kappa shape index (κ3) is 2.00. The zero-order chi connectivity index (χ0) is 10.8. The molecule has 2 aromatic rings. The number of hydrogen-bond donors (Lipinski definition) is 1. The molecular formula is C9H9BrN4S. The molecule has 2 rings (SSSR count). The number of nitrogens with one attached hydrogen (secondary N) is 1. The van der Waals surface area contributed by atoms with Gasteiger partial charge in [-0.05, 0) is 41.1 Å². The van der Waals surface area contributed by atoms with Gasteiger partial charge in [0.15, 0.2) is 10.6 Å². The molecule has 0 fully saturated rings. The van der Waals surface area contributed by atoms with Crippen molar-refractivity contribution < 1.29 is 0 Å². The molecule has 2 aromatic heterocycles. The van der Waals surface area contributed by atoms with E-state index in [9.17, 15) is 0 Å². The molecule has 78 valence electrons. The third-order valence-corrected chi connectivity index (χ3v) is 2.78. The second kappa shape index (κ2) is 4.24. The maximum Gasteiger partial charge on any atom is 0.195 e. The molecule has 0 aliphatic heterocycles. The van der Waals surface area contributed by atoms with Gasteiger partial charge in [0.2, 0.25) is 0 Å². The Kier molecular flexibility index (Phi) is 2.97. The Morgan fingerprint density at radius 2 is 2.33 bits per heavy atom. The zero-order valence-electron chi connectivity index (χ0n) is 8.07. The Bertz CT molecular complexity index is 531. The molecule has 15 heavy (non-hydrogen) atoms. The first-order valence-electron chi connectivity index (χ1n) is 4.48. The van der Waals surface area contributed by atoms with Crippen LogP contribution in [0, 0.1) is 4.77 Å². The third-order valence-electron chi connectivity index (χ3n) is 2.04. The van der Waals surface area contributed by atoms with E-state index >= 15 is 0 Å². The minimum Gasteiger partial charge on any atom is -0.300 e. The highest BCUT2D eigenvalue weighted by Crippen LogP contribution is 2.19. The van der Waals surface area contributed by atoms with Crippen LogP contribution >= 0.6 is 28.1 Å². The van der Waals surface area contributed by atoms with Crippen molar-refractivity contribution in [3.63, 3.8) is 0 Å². The summed E-state index contributed by atoms with van der Waals surface area (Å²) < 4.78 is 3.49. The number of hydrogen-bond acceptors (Lipinski definition) is 3. The van der Waals surface area contributed by atoms with Crippen molar-refractivity contribution in [3.05, 3.63) is 27.7 Å². The number of rotatable bonds is 2. The van der Waals surface area contributed by atoms with E-state index in [-0.39, 0.29) is 0 Å². The van der Waals surface area contributed by atoms with Crippen LogP contribution in [0.1, 0.15) is 6.92 Å². The Balaban J connectivity index is 2.59. The van der Waals surface area contributed by atoms with Gasteiger partial charge in [-0.3, -0.25) is 10.1 Å². The molecule has 0 atom stereocenters. The number of aromatic nitrogens is 4. The molecule has 2 heterocycles. The Morgan fingerprint density at radius 1 is 1.53 bits per heavy atom. The first-order valence-corrected chi connectivity index (χ1v) is 5.68. The van der Waals surface area contributed by atoms with Crippen molar-refractivity contribution in [1.82, 2.24) is 19.7 Å². The smallest absolute Gasteiger partial charge is 0.195 e. The van der Waals surface area contributed by atoms with Gasteiger partial charge in [-0.1, -0.05) is 0 Å². The molecule has 0 saturated carbocycles. The van der Waals surface area contributed by atoms with Gasteiger partial charge in [0.1, 0.15) is 0 Å². The predicted octanol–water partition coefficient (Wildman–Crippen LogP) is 2.79. The lowest BCUT2D eigenvalue weighted by Crippen LogP contribution is -1.97. The highest BCUT2D eigenvalue weighted by atomic mass is 79.9. The molecule has 1 N–H and O–H groups in total. The molecule has 0 aliphatic rings. The van der Waals surface area contributed by atoms with Crippen molar-refractivity contribution in [1.29, 1.82) is 0 Å². The lowest BCUT2D eigenvalue weighted by atomic mass is 10.3. The molecule has 0 spiro atoms. The molecule has 0 bridgehead atoms. The average molecular weight is 285 g/mol. The molecule has 0 unspecified atom stereocenters. The monoisotopic (exact) mass is 284 g/mol. The summed E-state index contributed by atoms with van der Waals surface area (Å²) in [6.45, 7) is 2.82.